The topological polar surface area (TPSA) is 95.6 Å². The Kier molecular flexibility index (Phi) is 5.94. The van der Waals surface area contributed by atoms with Gasteiger partial charge in [-0.25, -0.2) is 4.79 Å². The second-order valence-electron chi connectivity index (χ2n) is 8.25. The van der Waals surface area contributed by atoms with Crippen LogP contribution in [-0.4, -0.2) is 48.0 Å². The van der Waals surface area contributed by atoms with Crippen LogP contribution in [0, 0.1) is 12.3 Å². The number of amides is 1. The van der Waals surface area contributed by atoms with Gasteiger partial charge in [-0.1, -0.05) is 6.92 Å². The summed E-state index contributed by atoms with van der Waals surface area (Å²) in [5.74, 6) is 0.257. The summed E-state index contributed by atoms with van der Waals surface area (Å²) in [4.78, 5) is 24.9. The largest absolute Gasteiger partial charge is 0.469 e. The van der Waals surface area contributed by atoms with Crippen molar-refractivity contribution in [2.24, 2.45) is 5.41 Å². The smallest absolute Gasteiger partial charge is 0.341 e. The quantitative estimate of drug-likeness (QED) is 0.576. The molecule has 4 rings (SSSR count). The minimum Gasteiger partial charge on any atom is -0.469 e. The molecule has 8 heteroatoms. The van der Waals surface area contributed by atoms with Gasteiger partial charge in [-0.15, -0.1) is 0 Å². The molecule has 0 bridgehead atoms. The number of nitrogens with one attached hydrogen (secondary N) is 1. The third kappa shape index (κ3) is 4.14. The lowest BCUT2D eigenvalue weighted by atomic mass is 9.76. The van der Waals surface area contributed by atoms with Crippen LogP contribution in [0.2, 0.25) is 0 Å². The zero-order valence-electron chi connectivity index (χ0n) is 17.7. The molecular weight excluding hydrogens is 386 g/mol. The lowest BCUT2D eigenvalue weighted by Gasteiger charge is -2.36. The summed E-state index contributed by atoms with van der Waals surface area (Å²) >= 11 is 0. The second kappa shape index (κ2) is 8.63. The Morgan fingerprint density at radius 2 is 2.17 bits per heavy atom. The summed E-state index contributed by atoms with van der Waals surface area (Å²) in [6.07, 6.45) is 5.41. The number of nitrogens with zero attached hydrogens (tertiary/aromatic N) is 2. The predicted octanol–water partition coefficient (Wildman–Crippen LogP) is 2.68. The maximum Gasteiger partial charge on any atom is 0.341 e. The van der Waals surface area contributed by atoms with Gasteiger partial charge in [0, 0.05) is 32.7 Å². The molecule has 0 radical (unpaired) electrons. The van der Waals surface area contributed by atoms with E-state index in [1.54, 1.807) is 13.0 Å². The highest BCUT2D eigenvalue weighted by atomic mass is 16.5. The Bertz CT molecular complexity index is 923. The third-order valence-electron chi connectivity index (χ3n) is 6.13. The Hall–Kier alpha value is -2.61. The summed E-state index contributed by atoms with van der Waals surface area (Å²) in [7, 11) is 0. The maximum absolute atomic E-state index is 12.8. The van der Waals surface area contributed by atoms with Gasteiger partial charge in [-0.05, 0) is 44.1 Å². The van der Waals surface area contributed by atoms with Crippen LogP contribution >= 0.6 is 0 Å². The van der Waals surface area contributed by atoms with Crippen LogP contribution < -0.4 is 5.32 Å². The van der Waals surface area contributed by atoms with E-state index in [0.717, 1.165) is 49.4 Å². The average Bonchev–Trinajstić information content (AvgIpc) is 3.30. The first-order chi connectivity index (χ1) is 14.5. The molecule has 1 saturated heterocycles. The molecule has 162 valence electrons. The number of aromatic nitrogens is 2. The van der Waals surface area contributed by atoms with Crippen molar-refractivity contribution in [2.45, 2.75) is 52.5 Å². The summed E-state index contributed by atoms with van der Waals surface area (Å²) < 4.78 is 18.0. The maximum atomic E-state index is 12.8. The number of esters is 1. The van der Waals surface area contributed by atoms with Crippen molar-refractivity contribution in [3.05, 3.63) is 40.6 Å². The Morgan fingerprint density at radius 1 is 1.37 bits per heavy atom. The van der Waals surface area contributed by atoms with Crippen molar-refractivity contribution in [3.63, 3.8) is 0 Å². The fourth-order valence-electron chi connectivity index (χ4n) is 4.37. The van der Waals surface area contributed by atoms with Crippen molar-refractivity contribution in [2.75, 3.05) is 26.4 Å². The zero-order chi connectivity index (χ0) is 21.1. The van der Waals surface area contributed by atoms with Crippen molar-refractivity contribution < 1.29 is 23.5 Å². The molecule has 2 aromatic heterocycles. The van der Waals surface area contributed by atoms with Crippen LogP contribution in [0.25, 0.3) is 0 Å². The van der Waals surface area contributed by atoms with Gasteiger partial charge in [0.15, 0.2) is 0 Å². The van der Waals surface area contributed by atoms with Crippen molar-refractivity contribution >= 4 is 11.9 Å². The Balaban J connectivity index is 1.46. The minimum atomic E-state index is -0.388. The molecule has 1 spiro atoms. The molecule has 2 aromatic rings. The molecule has 2 aliphatic rings. The molecule has 0 aromatic carbocycles. The van der Waals surface area contributed by atoms with E-state index in [1.807, 2.05) is 11.6 Å². The molecule has 2 aliphatic heterocycles. The number of hydrogen-bond donors (Lipinski definition) is 1. The first-order valence-electron chi connectivity index (χ1n) is 10.7. The fourth-order valence-corrected chi connectivity index (χ4v) is 4.37. The lowest BCUT2D eigenvalue weighted by Crippen LogP contribution is -2.40. The minimum absolute atomic E-state index is 0.0214. The van der Waals surface area contributed by atoms with Gasteiger partial charge in [-0.2, -0.15) is 5.10 Å². The SMILES string of the molecule is CCc1nn(CCCOC(=O)c2coc(C)c2)c2c1C(=O)NCC1(CCOCC1)C2. The van der Waals surface area contributed by atoms with Crippen molar-refractivity contribution in [3.8, 4) is 0 Å². The first-order valence-corrected chi connectivity index (χ1v) is 10.7. The van der Waals surface area contributed by atoms with E-state index in [1.165, 1.54) is 6.26 Å². The van der Waals surface area contributed by atoms with E-state index >= 15 is 0 Å². The fraction of sp³-hybridized carbons (Fsp3) is 0.591. The Labute approximate surface area is 175 Å². The molecule has 1 amide bonds. The highest BCUT2D eigenvalue weighted by Gasteiger charge is 2.39. The monoisotopic (exact) mass is 415 g/mol. The van der Waals surface area contributed by atoms with E-state index in [2.05, 4.69) is 5.32 Å². The van der Waals surface area contributed by atoms with Crippen LogP contribution in [-0.2, 0) is 28.9 Å². The predicted molar refractivity (Wildman–Crippen MR) is 108 cm³/mol. The molecule has 4 heterocycles. The molecule has 1 N–H and O–H groups in total. The number of aryl methyl sites for hydroxylation is 3. The summed E-state index contributed by atoms with van der Waals surface area (Å²) in [5, 5.41) is 7.85. The molecule has 0 atom stereocenters. The molecule has 0 unspecified atom stereocenters. The Morgan fingerprint density at radius 3 is 2.87 bits per heavy atom. The third-order valence-corrected chi connectivity index (χ3v) is 6.13. The van der Waals surface area contributed by atoms with Gasteiger partial charge < -0.3 is 19.2 Å². The number of rotatable bonds is 6. The molecular formula is C22H29N3O5. The molecule has 0 saturated carbocycles. The van der Waals surface area contributed by atoms with Gasteiger partial charge >= 0.3 is 5.97 Å². The lowest BCUT2D eigenvalue weighted by molar-refractivity contribution is 0.0152. The number of carbonyl (C=O) groups is 2. The normalized spacial score (nSPS) is 18.0. The van der Waals surface area contributed by atoms with Crippen LogP contribution in [0.1, 0.15) is 64.1 Å². The van der Waals surface area contributed by atoms with E-state index < -0.39 is 0 Å². The van der Waals surface area contributed by atoms with Gasteiger partial charge in [0.25, 0.3) is 5.91 Å². The van der Waals surface area contributed by atoms with E-state index in [0.29, 0.717) is 37.3 Å². The highest BCUT2D eigenvalue weighted by Crippen LogP contribution is 2.37. The number of carbonyl (C=O) groups excluding carboxylic acids is 2. The average molecular weight is 415 g/mol. The van der Waals surface area contributed by atoms with Gasteiger partial charge in [-0.3, -0.25) is 9.48 Å². The van der Waals surface area contributed by atoms with Gasteiger partial charge in [0.05, 0.1) is 29.1 Å². The molecule has 1 fully saturated rings. The number of hydrogen-bond acceptors (Lipinski definition) is 6. The number of furan rings is 1. The van der Waals surface area contributed by atoms with E-state index in [-0.39, 0.29) is 23.9 Å². The zero-order valence-corrected chi connectivity index (χ0v) is 17.7. The van der Waals surface area contributed by atoms with E-state index in [4.69, 9.17) is 19.0 Å². The molecule has 30 heavy (non-hydrogen) atoms. The summed E-state index contributed by atoms with van der Waals surface area (Å²) in [6.45, 7) is 6.81. The number of fused-ring (bicyclic) bond motifs is 1. The van der Waals surface area contributed by atoms with Gasteiger partial charge in [0.1, 0.15) is 12.0 Å². The second-order valence-corrected chi connectivity index (χ2v) is 8.25. The molecule has 8 nitrogen and oxygen atoms in total. The van der Waals surface area contributed by atoms with Crippen molar-refractivity contribution in [1.29, 1.82) is 0 Å². The summed E-state index contributed by atoms with van der Waals surface area (Å²) in [5.41, 5.74) is 3.00. The van der Waals surface area contributed by atoms with Gasteiger partial charge in [0.2, 0.25) is 0 Å². The standard InChI is InChI=1S/C22H29N3O5/c1-3-17-19-18(12-22(14-23-20(19)26)5-9-28-10-6-22)25(24-17)7-4-8-29-21(27)16-11-15(2)30-13-16/h11,13H,3-10,12,14H2,1-2H3,(H,23,26). The van der Waals surface area contributed by atoms with E-state index in [9.17, 15) is 9.59 Å². The highest BCUT2D eigenvalue weighted by molar-refractivity contribution is 5.97. The first kappa shape index (κ1) is 20.7. The van der Waals surface area contributed by atoms with Crippen LogP contribution in [0.15, 0.2) is 16.7 Å². The van der Waals surface area contributed by atoms with Crippen LogP contribution in [0.5, 0.6) is 0 Å². The molecule has 0 aliphatic carbocycles. The van der Waals surface area contributed by atoms with Crippen LogP contribution in [0.4, 0.5) is 0 Å². The van der Waals surface area contributed by atoms with Crippen molar-refractivity contribution in [1.82, 2.24) is 15.1 Å². The number of ether oxygens (including phenoxy) is 2. The van der Waals surface area contributed by atoms with Crippen LogP contribution in [0.3, 0.4) is 0 Å². The summed E-state index contributed by atoms with van der Waals surface area (Å²) in [6, 6.07) is 1.66.